The van der Waals surface area contributed by atoms with Gasteiger partial charge in [0.2, 0.25) is 5.91 Å². The molecule has 0 aliphatic carbocycles. The smallest absolute Gasteiger partial charge is 0.324 e. The molecule has 158 valence electrons. The summed E-state index contributed by atoms with van der Waals surface area (Å²) < 4.78 is 1.75. The van der Waals surface area contributed by atoms with Crippen molar-refractivity contribution >= 4 is 17.6 Å². The van der Waals surface area contributed by atoms with E-state index >= 15 is 0 Å². The maximum absolute atomic E-state index is 12.9. The average Bonchev–Trinajstić information content (AvgIpc) is 3.42. The van der Waals surface area contributed by atoms with Gasteiger partial charge in [0.25, 0.3) is 0 Å². The van der Waals surface area contributed by atoms with Gasteiger partial charge in [-0.15, -0.1) is 0 Å². The molecule has 0 spiro atoms. The number of benzene rings is 2. The van der Waals surface area contributed by atoms with Crippen LogP contribution in [0.15, 0.2) is 73.1 Å². The Balaban J connectivity index is 1.21. The first kappa shape index (κ1) is 19.3. The quantitative estimate of drug-likeness (QED) is 0.668. The Morgan fingerprint density at radius 2 is 1.87 bits per heavy atom. The maximum Gasteiger partial charge on any atom is 0.345 e. The molecule has 2 saturated heterocycles. The number of fused-ring (bicyclic) bond motifs is 2. The van der Waals surface area contributed by atoms with Gasteiger partial charge in [0.1, 0.15) is 12.6 Å². The molecule has 2 bridgehead atoms. The number of nitrogens with one attached hydrogen (secondary N) is 1. The van der Waals surface area contributed by atoms with Gasteiger partial charge < -0.3 is 10.2 Å². The van der Waals surface area contributed by atoms with Gasteiger partial charge in [-0.1, -0.05) is 30.3 Å². The fourth-order valence-corrected chi connectivity index (χ4v) is 4.13. The molecule has 3 amide bonds. The number of rotatable bonds is 6. The molecule has 2 fully saturated rings. The minimum atomic E-state index is -0.500. The van der Waals surface area contributed by atoms with Crippen LogP contribution in [0.25, 0.3) is 5.69 Å². The van der Waals surface area contributed by atoms with Crippen LogP contribution in [0.1, 0.15) is 18.4 Å². The predicted octanol–water partition coefficient (Wildman–Crippen LogP) is 3.21. The summed E-state index contributed by atoms with van der Waals surface area (Å²) in [6, 6.07) is 18.3. The summed E-state index contributed by atoms with van der Waals surface area (Å²) in [5, 5.41) is 8.58. The zero-order valence-electron chi connectivity index (χ0n) is 16.9. The summed E-state index contributed by atoms with van der Waals surface area (Å²) in [7, 11) is 0. The van der Waals surface area contributed by atoms with Crippen LogP contribution in [0.2, 0.25) is 0 Å². The number of nitrogens with zero attached hydrogens (tertiary/aromatic N) is 4. The van der Waals surface area contributed by atoms with Crippen LogP contribution >= 0.6 is 0 Å². The van der Waals surface area contributed by atoms with E-state index in [0.717, 1.165) is 17.7 Å². The lowest BCUT2D eigenvalue weighted by Gasteiger charge is -2.29. The van der Waals surface area contributed by atoms with Crippen molar-refractivity contribution in [2.24, 2.45) is 0 Å². The summed E-state index contributed by atoms with van der Waals surface area (Å²) in [5.74, 6) is -0.177. The van der Waals surface area contributed by atoms with Gasteiger partial charge in [0.05, 0.1) is 11.7 Å². The highest BCUT2D eigenvalue weighted by molar-refractivity contribution is 5.97. The minimum Gasteiger partial charge on any atom is -0.324 e. The fourth-order valence-electron chi connectivity index (χ4n) is 4.13. The lowest BCUT2D eigenvalue weighted by molar-refractivity contribution is -0.140. The standard InChI is InChI=1S/C23H23N5O3/c29-22(25-18-7-9-19(10-8-18)27-14-4-13-24-27)21-12-11-20-15-26(21)23(30)28(20)31-16-17-5-2-1-3-6-17/h1-10,13-14,20-21H,11-12,15-16H2,(H,25,29)/t20-,21-/m0/s1. The van der Waals surface area contributed by atoms with Gasteiger partial charge in [0.15, 0.2) is 0 Å². The Hall–Kier alpha value is -3.65. The lowest BCUT2D eigenvalue weighted by Crippen LogP contribution is -2.47. The largest absolute Gasteiger partial charge is 0.345 e. The van der Waals surface area contributed by atoms with Crippen molar-refractivity contribution in [2.45, 2.75) is 31.5 Å². The van der Waals surface area contributed by atoms with Crippen LogP contribution in [0.5, 0.6) is 0 Å². The maximum atomic E-state index is 12.9. The number of aromatic nitrogens is 2. The number of hydrogen-bond donors (Lipinski definition) is 1. The Morgan fingerprint density at radius 1 is 1.06 bits per heavy atom. The van der Waals surface area contributed by atoms with Gasteiger partial charge in [-0.25, -0.2) is 9.48 Å². The Labute approximate surface area is 180 Å². The summed E-state index contributed by atoms with van der Waals surface area (Å²) in [5.41, 5.74) is 2.59. The molecule has 2 aliphatic rings. The molecule has 3 heterocycles. The van der Waals surface area contributed by atoms with E-state index in [-0.39, 0.29) is 18.0 Å². The Morgan fingerprint density at radius 3 is 2.61 bits per heavy atom. The van der Waals surface area contributed by atoms with E-state index in [4.69, 9.17) is 4.84 Å². The zero-order valence-corrected chi connectivity index (χ0v) is 16.9. The second kappa shape index (κ2) is 8.23. The van der Waals surface area contributed by atoms with E-state index in [9.17, 15) is 9.59 Å². The van der Waals surface area contributed by atoms with Gasteiger partial charge in [0, 0.05) is 24.6 Å². The Kier molecular flexibility index (Phi) is 5.13. The molecule has 0 saturated carbocycles. The summed E-state index contributed by atoms with van der Waals surface area (Å²) in [6.07, 6.45) is 4.91. The highest BCUT2D eigenvalue weighted by atomic mass is 16.7. The van der Waals surface area contributed by atoms with Crippen molar-refractivity contribution in [3.05, 3.63) is 78.6 Å². The first-order valence-corrected chi connectivity index (χ1v) is 10.4. The molecule has 1 N–H and O–H groups in total. The number of urea groups is 1. The minimum absolute atomic E-state index is 0.0198. The van der Waals surface area contributed by atoms with Crippen molar-refractivity contribution in [2.75, 3.05) is 11.9 Å². The number of anilines is 1. The number of hydrogen-bond acceptors (Lipinski definition) is 4. The molecule has 8 heteroatoms. The number of amides is 3. The van der Waals surface area contributed by atoms with Crippen molar-refractivity contribution in [1.29, 1.82) is 0 Å². The number of carbonyl (C=O) groups is 2. The first-order valence-electron chi connectivity index (χ1n) is 10.4. The van der Waals surface area contributed by atoms with E-state index in [2.05, 4.69) is 10.4 Å². The van der Waals surface area contributed by atoms with Crippen molar-refractivity contribution in [1.82, 2.24) is 19.7 Å². The normalized spacial score (nSPS) is 20.2. The van der Waals surface area contributed by atoms with E-state index in [0.29, 0.717) is 25.3 Å². The second-order valence-corrected chi connectivity index (χ2v) is 7.75. The Bertz CT molecular complexity index is 1050. The number of hydroxylamine groups is 2. The van der Waals surface area contributed by atoms with Crippen LogP contribution in [0.3, 0.4) is 0 Å². The van der Waals surface area contributed by atoms with Gasteiger partial charge >= 0.3 is 6.03 Å². The van der Waals surface area contributed by atoms with Crippen LogP contribution < -0.4 is 5.32 Å². The SMILES string of the molecule is O=C(Nc1ccc(-n2cccn2)cc1)[C@@H]1CC[C@H]2CN1C(=O)N2OCc1ccccc1. The van der Waals surface area contributed by atoms with E-state index in [1.807, 2.05) is 66.9 Å². The second-order valence-electron chi connectivity index (χ2n) is 7.75. The molecule has 31 heavy (non-hydrogen) atoms. The summed E-state index contributed by atoms with van der Waals surface area (Å²) in [4.78, 5) is 33.2. The van der Waals surface area contributed by atoms with Crippen molar-refractivity contribution < 1.29 is 14.4 Å². The van der Waals surface area contributed by atoms with Crippen molar-refractivity contribution in [3.63, 3.8) is 0 Å². The number of piperidine rings is 1. The monoisotopic (exact) mass is 417 g/mol. The van der Waals surface area contributed by atoms with Crippen LogP contribution in [0, 0.1) is 0 Å². The fraction of sp³-hybridized carbons (Fsp3) is 0.261. The average molecular weight is 417 g/mol. The molecule has 2 aliphatic heterocycles. The molecule has 5 rings (SSSR count). The molecular formula is C23H23N5O3. The topological polar surface area (TPSA) is 79.7 Å². The zero-order chi connectivity index (χ0) is 21.2. The van der Waals surface area contributed by atoms with Crippen LogP contribution in [-0.2, 0) is 16.2 Å². The molecule has 1 aromatic heterocycles. The van der Waals surface area contributed by atoms with Gasteiger partial charge in [-0.05, 0) is 48.7 Å². The predicted molar refractivity (Wildman–Crippen MR) is 114 cm³/mol. The highest BCUT2D eigenvalue weighted by Crippen LogP contribution is 2.31. The molecule has 2 atom stereocenters. The third-order valence-corrected chi connectivity index (χ3v) is 5.74. The molecule has 8 nitrogen and oxygen atoms in total. The third kappa shape index (κ3) is 3.89. The van der Waals surface area contributed by atoms with E-state index in [1.54, 1.807) is 15.8 Å². The molecule has 2 aromatic carbocycles. The highest BCUT2D eigenvalue weighted by Gasteiger charge is 2.47. The first-order chi connectivity index (χ1) is 15.2. The summed E-state index contributed by atoms with van der Waals surface area (Å²) in [6.45, 7) is 0.834. The third-order valence-electron chi connectivity index (χ3n) is 5.74. The molecule has 3 aromatic rings. The molecule has 0 radical (unpaired) electrons. The lowest BCUT2D eigenvalue weighted by atomic mass is 10.0. The van der Waals surface area contributed by atoms with E-state index in [1.165, 1.54) is 5.06 Å². The molecular weight excluding hydrogens is 394 g/mol. The van der Waals surface area contributed by atoms with Crippen LogP contribution in [0.4, 0.5) is 10.5 Å². The number of carbonyl (C=O) groups excluding carboxylic acids is 2. The van der Waals surface area contributed by atoms with Crippen LogP contribution in [-0.4, -0.2) is 50.3 Å². The summed E-state index contributed by atoms with van der Waals surface area (Å²) >= 11 is 0. The van der Waals surface area contributed by atoms with Crippen molar-refractivity contribution in [3.8, 4) is 5.69 Å². The van der Waals surface area contributed by atoms with E-state index < -0.39 is 6.04 Å². The van der Waals surface area contributed by atoms with Gasteiger partial charge in [-0.3, -0.25) is 9.63 Å². The molecule has 0 unspecified atom stereocenters. The van der Waals surface area contributed by atoms with Gasteiger partial charge in [-0.2, -0.15) is 10.2 Å².